The maximum Gasteiger partial charge on any atom is 0.253 e. The van der Waals surface area contributed by atoms with Gasteiger partial charge in [0, 0.05) is 38.3 Å². The van der Waals surface area contributed by atoms with Crippen LogP contribution in [0.4, 0.5) is 0 Å². The van der Waals surface area contributed by atoms with Gasteiger partial charge in [-0.3, -0.25) is 14.4 Å². The van der Waals surface area contributed by atoms with Crippen LogP contribution in [0.1, 0.15) is 55.8 Å². The van der Waals surface area contributed by atoms with E-state index in [1.165, 1.54) is 18.2 Å². The number of sulfonamides is 1. The molecule has 3 rings (SSSR count). The lowest BCUT2D eigenvalue weighted by atomic mass is 9.96. The molecule has 2 aliphatic rings. The van der Waals surface area contributed by atoms with Crippen LogP contribution in [-0.2, 0) is 19.6 Å². The number of rotatable bonds is 9. The fourth-order valence-corrected chi connectivity index (χ4v) is 5.67. The molecule has 3 amide bonds. The molecule has 33 heavy (non-hydrogen) atoms. The minimum absolute atomic E-state index is 0.0126. The minimum atomic E-state index is -3.89. The van der Waals surface area contributed by atoms with Crippen molar-refractivity contribution in [3.05, 3.63) is 29.8 Å². The number of nitrogens with one attached hydrogen (secondary N) is 2. The third-order valence-corrected chi connectivity index (χ3v) is 7.97. The van der Waals surface area contributed by atoms with Gasteiger partial charge in [-0.05, 0) is 37.5 Å². The maximum absolute atomic E-state index is 13.1. The van der Waals surface area contributed by atoms with E-state index in [2.05, 4.69) is 17.6 Å². The van der Waals surface area contributed by atoms with Gasteiger partial charge in [0.05, 0.1) is 17.4 Å². The molecule has 10 heteroatoms. The van der Waals surface area contributed by atoms with Crippen LogP contribution >= 0.6 is 0 Å². The normalized spacial score (nSPS) is 19.7. The number of likely N-dealkylation sites (tertiary alicyclic amines) is 1. The monoisotopic (exact) mass is 478 g/mol. The molecular weight excluding hydrogens is 444 g/mol. The first-order valence-corrected chi connectivity index (χ1v) is 13.2. The smallest absolute Gasteiger partial charge is 0.253 e. The molecule has 0 radical (unpaired) electrons. The van der Waals surface area contributed by atoms with Gasteiger partial charge >= 0.3 is 0 Å². The quantitative estimate of drug-likeness (QED) is 0.520. The number of benzene rings is 1. The molecule has 0 aromatic heterocycles. The average molecular weight is 479 g/mol. The number of piperazine rings is 1. The number of nitrogens with zero attached hydrogens (tertiary/aromatic N) is 2. The van der Waals surface area contributed by atoms with Crippen molar-refractivity contribution in [2.45, 2.75) is 50.3 Å². The summed E-state index contributed by atoms with van der Waals surface area (Å²) in [6, 6.07) is 5.92. The van der Waals surface area contributed by atoms with Crippen molar-refractivity contribution in [3.63, 3.8) is 0 Å². The number of carbonyl (C=O) groups is 3. The third kappa shape index (κ3) is 6.54. The van der Waals surface area contributed by atoms with Crippen molar-refractivity contribution in [2.24, 2.45) is 5.92 Å². The van der Waals surface area contributed by atoms with Gasteiger partial charge in [-0.2, -0.15) is 4.31 Å². The highest BCUT2D eigenvalue weighted by Gasteiger charge is 2.31. The fourth-order valence-electron chi connectivity index (χ4n) is 4.22. The average Bonchev–Trinajstić information content (AvgIpc) is 2.83. The van der Waals surface area contributed by atoms with Crippen molar-refractivity contribution in [2.75, 3.05) is 39.3 Å². The predicted octanol–water partition coefficient (Wildman–Crippen LogP) is 1.36. The van der Waals surface area contributed by atoms with Gasteiger partial charge in [-0.25, -0.2) is 8.42 Å². The van der Waals surface area contributed by atoms with Gasteiger partial charge in [-0.1, -0.05) is 32.3 Å². The van der Waals surface area contributed by atoms with E-state index in [0.717, 1.165) is 42.8 Å². The van der Waals surface area contributed by atoms with Crippen LogP contribution in [-0.4, -0.2) is 74.6 Å². The molecule has 2 N–H and O–H groups in total. The molecule has 0 aliphatic carbocycles. The Morgan fingerprint density at radius 3 is 2.76 bits per heavy atom. The summed E-state index contributed by atoms with van der Waals surface area (Å²) in [7, 11) is -3.89. The van der Waals surface area contributed by atoms with E-state index < -0.39 is 10.0 Å². The Morgan fingerprint density at radius 2 is 2.00 bits per heavy atom. The Bertz CT molecular complexity index is 965. The minimum Gasteiger partial charge on any atom is -0.356 e. The Morgan fingerprint density at radius 1 is 1.18 bits per heavy atom. The van der Waals surface area contributed by atoms with E-state index in [-0.39, 0.29) is 53.7 Å². The van der Waals surface area contributed by atoms with Gasteiger partial charge in [0.25, 0.3) is 5.91 Å². The zero-order chi connectivity index (χ0) is 23.8. The molecule has 0 bridgehead atoms. The number of hydrogen-bond donors (Lipinski definition) is 2. The van der Waals surface area contributed by atoms with Crippen LogP contribution in [0.15, 0.2) is 29.2 Å². The van der Waals surface area contributed by atoms with E-state index in [1.54, 1.807) is 11.0 Å². The number of unbranched alkanes of at least 4 members (excludes halogenated alkanes) is 3. The predicted molar refractivity (Wildman–Crippen MR) is 124 cm³/mol. The van der Waals surface area contributed by atoms with Gasteiger partial charge in [0.15, 0.2) is 0 Å². The summed E-state index contributed by atoms with van der Waals surface area (Å²) in [6.07, 6.45) is 5.80. The lowest BCUT2D eigenvalue weighted by Gasteiger charge is -2.32. The molecule has 2 saturated heterocycles. The first kappa shape index (κ1) is 25.2. The molecular formula is C23H34N4O5S. The summed E-state index contributed by atoms with van der Waals surface area (Å²) in [6.45, 7) is 3.86. The van der Waals surface area contributed by atoms with E-state index in [1.807, 2.05) is 0 Å². The van der Waals surface area contributed by atoms with Gasteiger partial charge in [0.2, 0.25) is 21.8 Å². The van der Waals surface area contributed by atoms with Gasteiger partial charge in [-0.15, -0.1) is 0 Å². The lowest BCUT2D eigenvalue weighted by molar-refractivity contribution is -0.126. The summed E-state index contributed by atoms with van der Waals surface area (Å²) in [5, 5.41) is 5.59. The lowest BCUT2D eigenvalue weighted by Crippen LogP contribution is -2.49. The van der Waals surface area contributed by atoms with Crippen LogP contribution in [0, 0.1) is 5.92 Å². The van der Waals surface area contributed by atoms with E-state index in [9.17, 15) is 22.8 Å². The molecule has 1 atom stereocenters. The van der Waals surface area contributed by atoms with Crippen LogP contribution in [0.5, 0.6) is 0 Å². The summed E-state index contributed by atoms with van der Waals surface area (Å²) in [5.41, 5.74) is 0.262. The molecule has 1 aromatic carbocycles. The van der Waals surface area contributed by atoms with Crippen LogP contribution < -0.4 is 10.6 Å². The Hall–Kier alpha value is -2.46. The molecule has 9 nitrogen and oxygen atoms in total. The molecule has 0 spiro atoms. The van der Waals surface area contributed by atoms with Crippen LogP contribution in [0.25, 0.3) is 0 Å². The zero-order valence-electron chi connectivity index (χ0n) is 19.2. The maximum atomic E-state index is 13.1. The number of hydrogen-bond acceptors (Lipinski definition) is 5. The summed E-state index contributed by atoms with van der Waals surface area (Å²) in [4.78, 5) is 38.9. The van der Waals surface area contributed by atoms with Gasteiger partial charge in [0.1, 0.15) is 0 Å². The largest absolute Gasteiger partial charge is 0.356 e. The topological polar surface area (TPSA) is 116 Å². The second-order valence-corrected chi connectivity index (χ2v) is 10.6. The molecule has 1 aromatic rings. The van der Waals surface area contributed by atoms with Gasteiger partial charge < -0.3 is 15.5 Å². The number of piperidine rings is 1. The molecule has 2 fully saturated rings. The van der Waals surface area contributed by atoms with Crippen molar-refractivity contribution < 1.29 is 22.8 Å². The van der Waals surface area contributed by atoms with E-state index in [4.69, 9.17) is 0 Å². The Balaban J connectivity index is 1.63. The van der Waals surface area contributed by atoms with Crippen molar-refractivity contribution in [1.29, 1.82) is 0 Å². The second kappa shape index (κ2) is 11.6. The number of amides is 3. The Labute approximate surface area is 195 Å². The molecule has 182 valence electrons. The summed E-state index contributed by atoms with van der Waals surface area (Å²) >= 11 is 0. The highest BCUT2D eigenvalue weighted by molar-refractivity contribution is 7.89. The van der Waals surface area contributed by atoms with Crippen LogP contribution in [0.2, 0.25) is 0 Å². The summed E-state index contributed by atoms with van der Waals surface area (Å²) < 4.78 is 27.0. The van der Waals surface area contributed by atoms with Crippen molar-refractivity contribution >= 4 is 27.7 Å². The first-order valence-electron chi connectivity index (χ1n) is 11.8. The standard InChI is InChI=1S/C23H34N4O5S/c1-2-3-4-5-11-25-22(29)19-9-7-13-26(16-19)23(30)18-8-6-10-20(15-18)33(31,32)27-14-12-24-21(28)17-27/h6,8,10,15,19H,2-5,7,9,11-14,16-17H2,1H3,(H,24,28)(H,25,29). The Kier molecular flexibility index (Phi) is 8.85. The highest BCUT2D eigenvalue weighted by atomic mass is 32.2. The fraction of sp³-hybridized carbons (Fsp3) is 0.609. The van der Waals surface area contributed by atoms with Crippen LogP contribution in [0.3, 0.4) is 0 Å². The third-order valence-electron chi connectivity index (χ3n) is 6.13. The SMILES string of the molecule is CCCCCCNC(=O)C1CCCN(C(=O)c2cccc(S(=O)(=O)N3CCNC(=O)C3)c2)C1. The zero-order valence-corrected chi connectivity index (χ0v) is 20.0. The van der Waals surface area contributed by atoms with Crippen molar-refractivity contribution in [1.82, 2.24) is 19.8 Å². The van der Waals surface area contributed by atoms with E-state index in [0.29, 0.717) is 19.6 Å². The molecule has 2 aliphatic heterocycles. The molecule has 1 unspecified atom stereocenters. The summed E-state index contributed by atoms with van der Waals surface area (Å²) in [5.74, 6) is -0.916. The number of carbonyl (C=O) groups excluding carboxylic acids is 3. The second-order valence-electron chi connectivity index (χ2n) is 8.66. The molecule has 2 heterocycles. The highest BCUT2D eigenvalue weighted by Crippen LogP contribution is 2.22. The van der Waals surface area contributed by atoms with Crippen molar-refractivity contribution in [3.8, 4) is 0 Å². The van der Waals surface area contributed by atoms with E-state index >= 15 is 0 Å². The molecule has 0 saturated carbocycles. The first-order chi connectivity index (χ1) is 15.8.